The summed E-state index contributed by atoms with van der Waals surface area (Å²) in [6.07, 6.45) is 1.55. The number of morpholine rings is 1. The van der Waals surface area contributed by atoms with Gasteiger partial charge in [0.05, 0.1) is 23.8 Å². The lowest BCUT2D eigenvalue weighted by Gasteiger charge is -2.26. The molecule has 0 atom stereocenters. The zero-order chi connectivity index (χ0) is 14.8. The summed E-state index contributed by atoms with van der Waals surface area (Å²) in [4.78, 5) is 30.1. The van der Waals surface area contributed by atoms with Gasteiger partial charge in [0.15, 0.2) is 0 Å². The lowest BCUT2D eigenvalue weighted by Crippen LogP contribution is -2.43. The Hall–Kier alpha value is -2.21. The number of carbonyl (C=O) groups excluding carboxylic acids is 1. The van der Waals surface area contributed by atoms with Crippen molar-refractivity contribution in [1.82, 2.24) is 14.5 Å². The van der Waals surface area contributed by atoms with Gasteiger partial charge in [-0.25, -0.2) is 4.98 Å². The van der Waals surface area contributed by atoms with Crippen molar-refractivity contribution in [2.75, 3.05) is 26.3 Å². The fourth-order valence-corrected chi connectivity index (χ4v) is 2.45. The van der Waals surface area contributed by atoms with Gasteiger partial charge >= 0.3 is 0 Å². The molecular weight excluding hydrogens is 270 g/mol. The monoisotopic (exact) mass is 287 g/mol. The van der Waals surface area contributed by atoms with Gasteiger partial charge in [0.25, 0.3) is 5.56 Å². The van der Waals surface area contributed by atoms with Gasteiger partial charge in [0, 0.05) is 19.6 Å². The first-order chi connectivity index (χ1) is 10.1. The van der Waals surface area contributed by atoms with Crippen LogP contribution in [0.3, 0.4) is 0 Å². The van der Waals surface area contributed by atoms with Crippen LogP contribution in [0, 0.1) is 6.92 Å². The van der Waals surface area contributed by atoms with Crippen molar-refractivity contribution >= 4 is 16.8 Å². The summed E-state index contributed by atoms with van der Waals surface area (Å²) < 4.78 is 6.65. The van der Waals surface area contributed by atoms with Crippen molar-refractivity contribution in [3.8, 4) is 0 Å². The largest absolute Gasteiger partial charge is 0.370 e. The van der Waals surface area contributed by atoms with Gasteiger partial charge in [0.1, 0.15) is 6.61 Å². The Morgan fingerprint density at radius 2 is 2.14 bits per heavy atom. The van der Waals surface area contributed by atoms with Gasteiger partial charge in [-0.3, -0.25) is 14.2 Å². The highest BCUT2D eigenvalue weighted by Gasteiger charge is 2.18. The Kier molecular flexibility index (Phi) is 3.70. The lowest BCUT2D eigenvalue weighted by atomic mass is 10.2. The van der Waals surface area contributed by atoms with Gasteiger partial charge in [-0.05, 0) is 19.1 Å². The molecule has 0 saturated carbocycles. The van der Waals surface area contributed by atoms with Crippen LogP contribution in [-0.2, 0) is 16.1 Å². The maximum absolute atomic E-state index is 12.4. The van der Waals surface area contributed by atoms with Gasteiger partial charge in [-0.15, -0.1) is 0 Å². The average molecular weight is 287 g/mol. The summed E-state index contributed by atoms with van der Waals surface area (Å²) in [6, 6.07) is 5.63. The molecule has 1 fully saturated rings. The highest BCUT2D eigenvalue weighted by molar-refractivity contribution is 5.78. The van der Waals surface area contributed by atoms with Crippen LogP contribution in [-0.4, -0.2) is 46.7 Å². The summed E-state index contributed by atoms with van der Waals surface area (Å²) in [5, 5.41) is 0.616. The Morgan fingerprint density at radius 3 is 2.95 bits per heavy atom. The van der Waals surface area contributed by atoms with Crippen molar-refractivity contribution in [3.05, 3.63) is 40.4 Å². The Bertz CT molecular complexity index is 739. The second-order valence-electron chi connectivity index (χ2n) is 5.20. The van der Waals surface area contributed by atoms with E-state index < -0.39 is 0 Å². The highest BCUT2D eigenvalue weighted by atomic mass is 16.5. The first-order valence-corrected chi connectivity index (χ1v) is 6.96. The fourth-order valence-electron chi connectivity index (χ4n) is 2.45. The standard InChI is InChI=1S/C15H17N3O3/c1-11-2-3-13-12(8-11)15(20)18(10-16-13)5-4-17-6-7-21-9-14(17)19/h2-3,8,10H,4-7,9H2,1H3. The van der Waals surface area contributed by atoms with Crippen LogP contribution in [0.25, 0.3) is 10.9 Å². The maximum Gasteiger partial charge on any atom is 0.261 e. The van der Waals surface area contributed by atoms with E-state index in [9.17, 15) is 9.59 Å². The molecule has 1 saturated heterocycles. The third kappa shape index (κ3) is 2.80. The van der Waals surface area contributed by atoms with Crippen LogP contribution in [0.4, 0.5) is 0 Å². The van der Waals surface area contributed by atoms with Crippen molar-refractivity contribution in [2.45, 2.75) is 13.5 Å². The van der Waals surface area contributed by atoms with Gasteiger partial charge in [0.2, 0.25) is 5.91 Å². The van der Waals surface area contributed by atoms with Gasteiger partial charge in [-0.2, -0.15) is 0 Å². The number of ether oxygens (including phenoxy) is 1. The van der Waals surface area contributed by atoms with E-state index in [4.69, 9.17) is 4.74 Å². The van der Waals surface area contributed by atoms with E-state index >= 15 is 0 Å². The molecule has 2 aromatic rings. The number of hydrogen-bond acceptors (Lipinski definition) is 4. The number of aromatic nitrogens is 2. The number of rotatable bonds is 3. The van der Waals surface area contributed by atoms with E-state index in [-0.39, 0.29) is 18.1 Å². The number of nitrogens with zero attached hydrogens (tertiary/aromatic N) is 3. The minimum Gasteiger partial charge on any atom is -0.370 e. The molecule has 1 aliphatic heterocycles. The summed E-state index contributed by atoms with van der Waals surface area (Å²) in [5.41, 5.74) is 1.66. The van der Waals surface area contributed by atoms with Crippen molar-refractivity contribution in [3.63, 3.8) is 0 Å². The summed E-state index contributed by atoms with van der Waals surface area (Å²) in [5.74, 6) is -0.0288. The van der Waals surface area contributed by atoms with Crippen LogP contribution in [0.5, 0.6) is 0 Å². The summed E-state index contributed by atoms with van der Waals surface area (Å²) >= 11 is 0. The van der Waals surface area contributed by atoms with Crippen LogP contribution >= 0.6 is 0 Å². The molecule has 0 aliphatic carbocycles. The fraction of sp³-hybridized carbons (Fsp3) is 0.400. The highest BCUT2D eigenvalue weighted by Crippen LogP contribution is 2.09. The van der Waals surface area contributed by atoms with Crippen LogP contribution in [0.2, 0.25) is 0 Å². The topological polar surface area (TPSA) is 64.4 Å². The smallest absolute Gasteiger partial charge is 0.261 e. The molecule has 2 heterocycles. The third-order valence-corrected chi connectivity index (χ3v) is 3.67. The van der Waals surface area contributed by atoms with E-state index in [1.807, 2.05) is 25.1 Å². The molecule has 0 unspecified atom stereocenters. The van der Waals surface area contributed by atoms with E-state index in [0.29, 0.717) is 37.1 Å². The minimum atomic E-state index is -0.0654. The molecule has 0 radical (unpaired) electrons. The van der Waals surface area contributed by atoms with E-state index in [1.165, 1.54) is 0 Å². The second-order valence-corrected chi connectivity index (χ2v) is 5.20. The van der Waals surface area contributed by atoms with Crippen molar-refractivity contribution in [2.24, 2.45) is 0 Å². The molecule has 1 aromatic carbocycles. The molecule has 1 aliphatic rings. The normalized spacial score (nSPS) is 15.7. The lowest BCUT2D eigenvalue weighted by molar-refractivity contribution is -0.142. The zero-order valence-electron chi connectivity index (χ0n) is 11.9. The molecule has 110 valence electrons. The van der Waals surface area contributed by atoms with E-state index in [0.717, 1.165) is 5.56 Å². The van der Waals surface area contributed by atoms with E-state index in [1.54, 1.807) is 15.8 Å². The van der Waals surface area contributed by atoms with Crippen molar-refractivity contribution < 1.29 is 9.53 Å². The minimum absolute atomic E-state index is 0.0288. The zero-order valence-corrected chi connectivity index (χ0v) is 11.9. The van der Waals surface area contributed by atoms with Gasteiger partial charge < -0.3 is 9.64 Å². The number of amides is 1. The Morgan fingerprint density at radius 1 is 1.29 bits per heavy atom. The number of hydrogen-bond donors (Lipinski definition) is 0. The van der Waals surface area contributed by atoms with Crippen LogP contribution in [0.15, 0.2) is 29.3 Å². The van der Waals surface area contributed by atoms with Crippen LogP contribution in [0.1, 0.15) is 5.56 Å². The SMILES string of the molecule is Cc1ccc2ncn(CCN3CCOCC3=O)c(=O)c2c1. The van der Waals surface area contributed by atoms with Gasteiger partial charge in [-0.1, -0.05) is 11.6 Å². The van der Waals surface area contributed by atoms with Crippen molar-refractivity contribution in [1.29, 1.82) is 0 Å². The predicted molar refractivity (Wildman–Crippen MR) is 78.1 cm³/mol. The average Bonchev–Trinajstić information content (AvgIpc) is 2.49. The molecule has 0 N–H and O–H groups in total. The number of aryl methyl sites for hydroxylation is 1. The predicted octanol–water partition coefficient (Wildman–Crippen LogP) is 0.564. The molecule has 6 nitrogen and oxygen atoms in total. The van der Waals surface area contributed by atoms with E-state index in [2.05, 4.69) is 4.98 Å². The first-order valence-electron chi connectivity index (χ1n) is 6.96. The third-order valence-electron chi connectivity index (χ3n) is 3.67. The molecule has 6 heteroatoms. The molecule has 1 amide bonds. The molecular formula is C15H17N3O3. The molecule has 0 spiro atoms. The number of carbonyl (C=O) groups is 1. The summed E-state index contributed by atoms with van der Waals surface area (Å²) in [7, 11) is 0. The van der Waals surface area contributed by atoms with Crippen LogP contribution < -0.4 is 5.56 Å². The second kappa shape index (κ2) is 5.65. The Labute approximate surface area is 122 Å². The quantitative estimate of drug-likeness (QED) is 0.827. The maximum atomic E-state index is 12.4. The molecule has 0 bridgehead atoms. The molecule has 1 aromatic heterocycles. The number of fused-ring (bicyclic) bond motifs is 1. The summed E-state index contributed by atoms with van der Waals surface area (Å²) in [6.45, 7) is 4.15. The first kappa shape index (κ1) is 13.8. The Balaban J connectivity index is 1.82. The molecule has 3 rings (SSSR count). The number of benzene rings is 1. The molecule has 21 heavy (non-hydrogen) atoms.